The van der Waals surface area contributed by atoms with Crippen molar-refractivity contribution in [2.24, 2.45) is 5.73 Å². The number of H-pyrrole nitrogens is 1. The molecule has 1 heterocycles. The second kappa shape index (κ2) is 13.2. The summed E-state index contributed by atoms with van der Waals surface area (Å²) < 4.78 is 0. The number of carboxylic acids is 2. The maximum absolute atomic E-state index is 12.8. The Hall–Kier alpha value is -3.56. The van der Waals surface area contributed by atoms with Gasteiger partial charge in [0, 0.05) is 24.7 Å². The van der Waals surface area contributed by atoms with Crippen LogP contribution in [0.5, 0.6) is 0 Å². The third kappa shape index (κ3) is 9.13. The number of carbonyl (C=O) groups excluding carboxylic acids is 3. The first kappa shape index (κ1) is 28.5. The molecular formula is C19H30N6O9. The number of carboxylic acid groups (broad SMARTS) is 2. The Morgan fingerprint density at radius 2 is 1.56 bits per heavy atom. The fraction of sp³-hybridized carbons (Fsp3) is 0.579. The molecule has 0 radical (unpaired) electrons. The number of aromatic amines is 1. The summed E-state index contributed by atoms with van der Waals surface area (Å²) in [6, 6.07) is -5.93. The van der Waals surface area contributed by atoms with E-state index in [9.17, 15) is 34.2 Å². The highest BCUT2D eigenvalue weighted by molar-refractivity contribution is 5.94. The molecule has 0 aliphatic carbocycles. The summed E-state index contributed by atoms with van der Waals surface area (Å²) in [6.45, 7) is 2.27. The van der Waals surface area contributed by atoms with Gasteiger partial charge in [0.05, 0.1) is 24.6 Å². The molecule has 0 aliphatic rings. The molecule has 3 amide bonds. The number of rotatable bonds is 14. The number of nitrogens with one attached hydrogen (secondary N) is 4. The first-order chi connectivity index (χ1) is 15.8. The number of nitrogens with two attached hydrogens (primary N) is 1. The van der Waals surface area contributed by atoms with Crippen LogP contribution in [0.2, 0.25) is 0 Å². The first-order valence-electron chi connectivity index (χ1n) is 10.3. The summed E-state index contributed by atoms with van der Waals surface area (Å²) in [4.78, 5) is 66.4. The number of aromatic nitrogens is 2. The zero-order valence-corrected chi connectivity index (χ0v) is 18.6. The van der Waals surface area contributed by atoms with E-state index in [1.807, 2.05) is 5.32 Å². The number of aliphatic carboxylic acids is 2. The Kier molecular flexibility index (Phi) is 11.1. The average Bonchev–Trinajstić information content (AvgIpc) is 3.24. The summed E-state index contributed by atoms with van der Waals surface area (Å²) in [7, 11) is 0. The van der Waals surface area contributed by atoms with Crippen molar-refractivity contribution < 1.29 is 44.4 Å². The van der Waals surface area contributed by atoms with E-state index in [2.05, 4.69) is 20.6 Å². The maximum atomic E-state index is 12.8. The number of hydrogen-bond acceptors (Lipinski definition) is 9. The van der Waals surface area contributed by atoms with E-state index in [1.54, 1.807) is 0 Å². The van der Waals surface area contributed by atoms with Crippen LogP contribution in [0.1, 0.15) is 32.4 Å². The number of nitrogens with zero attached hydrogens (tertiary/aromatic N) is 1. The largest absolute Gasteiger partial charge is 0.481 e. The molecule has 190 valence electrons. The van der Waals surface area contributed by atoms with Crippen LogP contribution in [-0.4, -0.2) is 96.4 Å². The van der Waals surface area contributed by atoms with Crippen molar-refractivity contribution in [1.29, 1.82) is 0 Å². The van der Waals surface area contributed by atoms with Crippen molar-refractivity contribution in [2.75, 3.05) is 0 Å². The molecule has 15 heteroatoms. The minimum atomic E-state index is -1.71. The fourth-order valence-corrected chi connectivity index (χ4v) is 2.83. The lowest BCUT2D eigenvalue weighted by Gasteiger charge is -2.27. The molecule has 0 spiro atoms. The lowest BCUT2D eigenvalue weighted by atomic mass is 10.1. The minimum absolute atomic E-state index is 0.0493. The van der Waals surface area contributed by atoms with Crippen molar-refractivity contribution in [2.45, 2.75) is 69.5 Å². The van der Waals surface area contributed by atoms with Gasteiger partial charge >= 0.3 is 11.9 Å². The number of aliphatic hydroxyl groups is 2. The van der Waals surface area contributed by atoms with Gasteiger partial charge in [-0.2, -0.15) is 0 Å². The van der Waals surface area contributed by atoms with Crippen LogP contribution in [-0.2, 0) is 30.4 Å². The van der Waals surface area contributed by atoms with Crippen molar-refractivity contribution in [3.63, 3.8) is 0 Å². The predicted octanol–water partition coefficient (Wildman–Crippen LogP) is -3.56. The van der Waals surface area contributed by atoms with Crippen molar-refractivity contribution in [1.82, 2.24) is 25.9 Å². The molecular weight excluding hydrogens is 456 g/mol. The zero-order valence-electron chi connectivity index (χ0n) is 18.6. The van der Waals surface area contributed by atoms with Crippen LogP contribution < -0.4 is 21.7 Å². The molecule has 0 bridgehead atoms. The number of amides is 3. The van der Waals surface area contributed by atoms with E-state index in [-0.39, 0.29) is 12.8 Å². The Bertz CT molecular complexity index is 858. The molecule has 0 aliphatic heterocycles. The molecule has 6 unspecified atom stereocenters. The maximum Gasteiger partial charge on any atom is 0.328 e. The van der Waals surface area contributed by atoms with Crippen molar-refractivity contribution in [3.05, 3.63) is 18.2 Å². The van der Waals surface area contributed by atoms with Gasteiger partial charge in [-0.1, -0.05) is 0 Å². The molecule has 1 rings (SSSR count). The smallest absolute Gasteiger partial charge is 0.328 e. The van der Waals surface area contributed by atoms with Crippen LogP contribution >= 0.6 is 0 Å². The van der Waals surface area contributed by atoms with E-state index in [0.29, 0.717) is 5.69 Å². The SMILES string of the molecule is CC(O)C(NC(=O)C(NC(=O)C(CCC(=O)O)NC(=O)C(N)Cc1cnc[nH]1)C(C)O)C(=O)O. The van der Waals surface area contributed by atoms with Gasteiger partial charge in [-0.3, -0.25) is 19.2 Å². The Morgan fingerprint density at radius 1 is 0.971 bits per heavy atom. The van der Waals surface area contributed by atoms with Crippen molar-refractivity contribution in [3.8, 4) is 0 Å². The van der Waals surface area contributed by atoms with Gasteiger partial charge in [-0.05, 0) is 20.3 Å². The average molecular weight is 486 g/mol. The summed E-state index contributed by atoms with van der Waals surface area (Å²) >= 11 is 0. The topological polar surface area (TPSA) is 257 Å². The third-order valence-electron chi connectivity index (χ3n) is 4.72. The summed E-state index contributed by atoms with van der Waals surface area (Å²) in [5.41, 5.74) is 6.38. The molecule has 1 aromatic heterocycles. The second-order valence-electron chi connectivity index (χ2n) is 7.67. The monoisotopic (exact) mass is 486 g/mol. The van der Waals surface area contributed by atoms with Gasteiger partial charge in [-0.25, -0.2) is 9.78 Å². The number of carbonyl (C=O) groups is 5. The molecule has 34 heavy (non-hydrogen) atoms. The molecule has 0 saturated carbocycles. The van der Waals surface area contributed by atoms with Crippen LogP contribution in [0.4, 0.5) is 0 Å². The standard InChI is InChI=1S/C19H30N6O9/c1-8(26)14(18(32)25-15(9(2)27)19(33)34)24-17(31)12(3-4-13(28)29)23-16(30)11(20)5-10-6-21-7-22-10/h6-9,11-12,14-15,26-27H,3-5,20H2,1-2H3,(H,21,22)(H,23,30)(H,24,31)(H,25,32)(H,28,29)(H,33,34). The molecule has 15 nitrogen and oxygen atoms in total. The highest BCUT2D eigenvalue weighted by atomic mass is 16.4. The van der Waals surface area contributed by atoms with E-state index in [0.717, 1.165) is 13.8 Å². The summed E-state index contributed by atoms with van der Waals surface area (Å²) in [5, 5.41) is 44.0. The quantitative estimate of drug-likeness (QED) is 0.124. The van der Waals surface area contributed by atoms with Gasteiger partial charge in [0.25, 0.3) is 0 Å². The van der Waals surface area contributed by atoms with E-state index in [4.69, 9.17) is 15.9 Å². The van der Waals surface area contributed by atoms with Crippen LogP contribution in [0.15, 0.2) is 12.5 Å². The third-order valence-corrected chi connectivity index (χ3v) is 4.72. The predicted molar refractivity (Wildman–Crippen MR) is 114 cm³/mol. The normalized spacial score (nSPS) is 16.3. The second-order valence-corrected chi connectivity index (χ2v) is 7.67. The lowest BCUT2D eigenvalue weighted by Crippen LogP contribution is -2.61. The first-order valence-corrected chi connectivity index (χ1v) is 10.3. The molecule has 0 saturated heterocycles. The molecule has 10 N–H and O–H groups in total. The van der Waals surface area contributed by atoms with Gasteiger partial charge in [0.2, 0.25) is 17.7 Å². The summed E-state index contributed by atoms with van der Waals surface area (Å²) in [6.07, 6.45) is -0.974. The van der Waals surface area contributed by atoms with Crippen LogP contribution in [0.3, 0.4) is 0 Å². The van der Waals surface area contributed by atoms with Gasteiger partial charge in [0.1, 0.15) is 12.1 Å². The number of hydrogen-bond donors (Lipinski definition) is 9. The molecule has 6 atom stereocenters. The number of aliphatic hydroxyl groups excluding tert-OH is 2. The molecule has 1 aromatic rings. The Labute approximate surface area is 194 Å². The van der Waals surface area contributed by atoms with Gasteiger partial charge in [-0.15, -0.1) is 0 Å². The lowest BCUT2D eigenvalue weighted by molar-refractivity contribution is -0.146. The fourth-order valence-electron chi connectivity index (χ4n) is 2.83. The van der Waals surface area contributed by atoms with Gasteiger partial charge < -0.3 is 47.1 Å². The number of imidazole rings is 1. The van der Waals surface area contributed by atoms with Gasteiger partial charge in [0.15, 0.2) is 6.04 Å². The van der Waals surface area contributed by atoms with Crippen LogP contribution in [0.25, 0.3) is 0 Å². The summed E-state index contributed by atoms with van der Waals surface area (Å²) in [5.74, 6) is -5.70. The molecule has 0 fully saturated rings. The Morgan fingerprint density at radius 3 is 2.03 bits per heavy atom. The minimum Gasteiger partial charge on any atom is -0.481 e. The van der Waals surface area contributed by atoms with E-state index < -0.39 is 72.5 Å². The highest BCUT2D eigenvalue weighted by Gasteiger charge is 2.34. The van der Waals surface area contributed by atoms with E-state index >= 15 is 0 Å². The van der Waals surface area contributed by atoms with Crippen molar-refractivity contribution >= 4 is 29.7 Å². The van der Waals surface area contributed by atoms with E-state index in [1.165, 1.54) is 12.5 Å². The Balaban J connectivity index is 2.94. The highest BCUT2D eigenvalue weighted by Crippen LogP contribution is 2.04. The molecule has 0 aromatic carbocycles. The zero-order chi connectivity index (χ0) is 26.0. The van der Waals surface area contributed by atoms with Crippen LogP contribution in [0, 0.1) is 0 Å².